The second kappa shape index (κ2) is 10.3. The molecular formula is C50H39N. The normalized spacial score (nSPS) is 24.2. The summed E-state index contributed by atoms with van der Waals surface area (Å²) in [6.07, 6.45) is 7.11. The first-order valence-electron chi connectivity index (χ1n) is 19.1. The first-order chi connectivity index (χ1) is 25.2. The third-order valence-corrected chi connectivity index (χ3v) is 13.8. The second-order valence-electron chi connectivity index (χ2n) is 16.1. The van der Waals surface area contributed by atoms with Gasteiger partial charge in [-0.3, -0.25) is 0 Å². The van der Waals surface area contributed by atoms with Crippen LogP contribution in [0.25, 0.3) is 71.6 Å². The Bertz CT molecular complexity index is 2660. The van der Waals surface area contributed by atoms with Crippen molar-refractivity contribution < 1.29 is 0 Å². The first-order valence-corrected chi connectivity index (χ1v) is 19.1. The van der Waals surface area contributed by atoms with Crippen molar-refractivity contribution in [1.29, 1.82) is 0 Å². The molecule has 1 aromatic heterocycles. The van der Waals surface area contributed by atoms with Crippen LogP contribution in [0.5, 0.6) is 0 Å². The van der Waals surface area contributed by atoms with Crippen LogP contribution in [0.1, 0.15) is 43.2 Å². The van der Waals surface area contributed by atoms with Gasteiger partial charge in [0.05, 0.1) is 11.0 Å². The van der Waals surface area contributed by atoms with Crippen molar-refractivity contribution in [2.24, 2.45) is 23.7 Å². The highest BCUT2D eigenvalue weighted by Gasteiger charge is 2.61. The second-order valence-corrected chi connectivity index (χ2v) is 16.1. The van der Waals surface area contributed by atoms with E-state index in [4.69, 9.17) is 0 Å². The van der Waals surface area contributed by atoms with Gasteiger partial charge >= 0.3 is 0 Å². The van der Waals surface area contributed by atoms with E-state index in [2.05, 4.69) is 156 Å². The minimum Gasteiger partial charge on any atom is -0.309 e. The van der Waals surface area contributed by atoms with Crippen molar-refractivity contribution >= 4 is 32.6 Å². The Hall–Kier alpha value is -5.40. The number of benzene rings is 7. The van der Waals surface area contributed by atoms with Gasteiger partial charge in [0.25, 0.3) is 0 Å². The zero-order chi connectivity index (χ0) is 33.3. The monoisotopic (exact) mass is 653 g/mol. The molecule has 0 amide bonds. The van der Waals surface area contributed by atoms with E-state index in [0.717, 1.165) is 23.7 Å². The third kappa shape index (κ3) is 3.82. The van der Waals surface area contributed by atoms with E-state index in [0.29, 0.717) is 0 Å². The van der Waals surface area contributed by atoms with Crippen molar-refractivity contribution in [2.75, 3.05) is 0 Å². The van der Waals surface area contributed by atoms with Crippen LogP contribution in [0.15, 0.2) is 152 Å². The molecule has 1 spiro atoms. The topological polar surface area (TPSA) is 4.93 Å². The Balaban J connectivity index is 1.10. The molecule has 5 aliphatic carbocycles. The number of nitrogens with zero attached hydrogens (tertiary/aromatic N) is 1. The Kier molecular flexibility index (Phi) is 5.73. The lowest BCUT2D eigenvalue weighted by Crippen LogP contribution is -2.55. The van der Waals surface area contributed by atoms with Crippen LogP contribution in [0.4, 0.5) is 0 Å². The van der Waals surface area contributed by atoms with E-state index in [-0.39, 0.29) is 5.41 Å². The molecule has 7 aromatic carbocycles. The molecule has 0 atom stereocenters. The minimum absolute atomic E-state index is 0.159. The molecule has 4 saturated carbocycles. The van der Waals surface area contributed by atoms with E-state index >= 15 is 0 Å². The maximum Gasteiger partial charge on any atom is 0.0547 e. The van der Waals surface area contributed by atoms with Gasteiger partial charge in [-0.1, -0.05) is 115 Å². The van der Waals surface area contributed by atoms with Gasteiger partial charge in [-0.15, -0.1) is 0 Å². The lowest BCUT2D eigenvalue weighted by molar-refractivity contribution is -0.0399. The number of hydrogen-bond donors (Lipinski definition) is 0. The summed E-state index contributed by atoms with van der Waals surface area (Å²) in [5, 5.41) is 5.36. The molecule has 0 N–H and O–H groups in total. The number of aromatic nitrogens is 1. The average Bonchev–Trinajstić information content (AvgIpc) is 3.64. The Morgan fingerprint density at radius 1 is 0.412 bits per heavy atom. The summed E-state index contributed by atoms with van der Waals surface area (Å²) in [4.78, 5) is 0. The molecule has 1 heterocycles. The molecule has 4 fully saturated rings. The van der Waals surface area contributed by atoms with Crippen LogP contribution in [-0.2, 0) is 5.41 Å². The van der Waals surface area contributed by atoms with Gasteiger partial charge in [0, 0.05) is 21.9 Å². The number of hydrogen-bond acceptors (Lipinski definition) is 0. The molecule has 51 heavy (non-hydrogen) atoms. The SMILES string of the molecule is c1ccc(-c2ccccc2-c2ccc(-n3c4cc5c(cc4c4cc6ccccc6cc43)C3(c4ccccc4-5)C4CC5CC(C4)CC3C5)cc2)cc1. The first kappa shape index (κ1) is 28.3. The fourth-order valence-corrected chi connectivity index (χ4v) is 12.0. The van der Waals surface area contributed by atoms with Gasteiger partial charge < -0.3 is 4.57 Å². The van der Waals surface area contributed by atoms with Gasteiger partial charge in [-0.05, 0) is 147 Å². The lowest BCUT2D eigenvalue weighted by Gasteiger charge is -2.61. The highest BCUT2D eigenvalue weighted by molar-refractivity contribution is 6.15. The molecule has 8 aromatic rings. The van der Waals surface area contributed by atoms with Crippen LogP contribution in [0, 0.1) is 23.7 Å². The van der Waals surface area contributed by atoms with Crippen molar-refractivity contribution in [3.8, 4) is 39.1 Å². The fraction of sp³-hybridized carbons (Fsp3) is 0.200. The molecule has 5 aliphatic rings. The van der Waals surface area contributed by atoms with Gasteiger partial charge in [0.15, 0.2) is 0 Å². The largest absolute Gasteiger partial charge is 0.309 e. The molecule has 244 valence electrons. The summed E-state index contributed by atoms with van der Waals surface area (Å²) in [5.41, 5.74) is 15.2. The van der Waals surface area contributed by atoms with Gasteiger partial charge in [0.1, 0.15) is 0 Å². The number of fused-ring (bicyclic) bond motifs is 7. The Labute approximate surface area is 299 Å². The maximum atomic E-state index is 2.69. The van der Waals surface area contributed by atoms with Crippen molar-refractivity contribution in [3.63, 3.8) is 0 Å². The third-order valence-electron chi connectivity index (χ3n) is 13.8. The van der Waals surface area contributed by atoms with E-state index < -0.39 is 0 Å². The standard InChI is InChI=1S/C50H39N/c1-2-10-33(11-3-1)40-14-6-7-15-41(40)34-18-20-39(21-19-34)51-48-28-36-13-5-4-12-35(36)27-44(48)45-29-47-43(30-49(45)51)42-16-8-9-17-46(42)50(47)37-23-31-22-32(25-37)26-38(50)24-31/h1-21,27-32,37-38H,22-26H2. The van der Waals surface area contributed by atoms with Crippen LogP contribution >= 0.6 is 0 Å². The Morgan fingerprint density at radius 3 is 1.67 bits per heavy atom. The molecule has 1 nitrogen and oxygen atoms in total. The summed E-state index contributed by atoms with van der Waals surface area (Å²) in [6.45, 7) is 0. The predicted molar refractivity (Wildman–Crippen MR) is 212 cm³/mol. The zero-order valence-electron chi connectivity index (χ0n) is 28.7. The Morgan fingerprint density at radius 2 is 0.961 bits per heavy atom. The summed E-state index contributed by atoms with van der Waals surface area (Å²) in [5.74, 6) is 3.39. The van der Waals surface area contributed by atoms with Gasteiger partial charge in [-0.25, -0.2) is 0 Å². The summed E-state index contributed by atoms with van der Waals surface area (Å²) in [6, 6.07) is 57.5. The molecular weight excluding hydrogens is 615 g/mol. The highest BCUT2D eigenvalue weighted by atomic mass is 15.0. The molecule has 0 saturated heterocycles. The molecule has 13 rings (SSSR count). The highest BCUT2D eigenvalue weighted by Crippen LogP contribution is 2.69. The van der Waals surface area contributed by atoms with Crippen molar-refractivity contribution in [2.45, 2.75) is 37.5 Å². The van der Waals surface area contributed by atoms with Crippen molar-refractivity contribution in [1.82, 2.24) is 4.57 Å². The summed E-state index contributed by atoms with van der Waals surface area (Å²) < 4.78 is 2.55. The van der Waals surface area contributed by atoms with Crippen LogP contribution < -0.4 is 0 Å². The molecule has 4 bridgehead atoms. The predicted octanol–water partition coefficient (Wildman–Crippen LogP) is 13.0. The van der Waals surface area contributed by atoms with E-state index in [1.807, 2.05) is 0 Å². The van der Waals surface area contributed by atoms with E-state index in [1.165, 1.54) is 104 Å². The average molecular weight is 654 g/mol. The van der Waals surface area contributed by atoms with Crippen LogP contribution in [0.3, 0.4) is 0 Å². The van der Waals surface area contributed by atoms with Crippen LogP contribution in [0.2, 0.25) is 0 Å². The summed E-state index contributed by atoms with van der Waals surface area (Å²) in [7, 11) is 0. The van der Waals surface area contributed by atoms with E-state index in [9.17, 15) is 0 Å². The molecule has 0 unspecified atom stereocenters. The number of rotatable bonds is 3. The van der Waals surface area contributed by atoms with Gasteiger partial charge in [0.2, 0.25) is 0 Å². The maximum absolute atomic E-state index is 2.69. The molecule has 1 heteroatoms. The smallest absolute Gasteiger partial charge is 0.0547 e. The van der Waals surface area contributed by atoms with Gasteiger partial charge in [-0.2, -0.15) is 0 Å². The quantitative estimate of drug-likeness (QED) is 0.179. The van der Waals surface area contributed by atoms with Crippen molar-refractivity contribution in [3.05, 3.63) is 163 Å². The lowest BCUT2D eigenvalue weighted by atomic mass is 9.43. The minimum atomic E-state index is 0.159. The zero-order valence-corrected chi connectivity index (χ0v) is 28.7. The van der Waals surface area contributed by atoms with E-state index in [1.54, 1.807) is 11.1 Å². The summed E-state index contributed by atoms with van der Waals surface area (Å²) >= 11 is 0. The fourth-order valence-electron chi connectivity index (χ4n) is 12.0. The molecule has 0 radical (unpaired) electrons. The van der Waals surface area contributed by atoms with Crippen LogP contribution in [-0.4, -0.2) is 4.57 Å². The molecule has 0 aliphatic heterocycles.